The summed E-state index contributed by atoms with van der Waals surface area (Å²) in [5, 5.41) is 0. The standard InChI is InChI=1S/C18H38N2/c1-6-7-8-9-10-11-12-13-20-17(2,3)14-16(19)15-18(20,4)5/h16H,6-15,19H2,1-5H3. The first-order chi connectivity index (χ1) is 9.29. The van der Waals surface area contributed by atoms with Crippen molar-refractivity contribution in [3.63, 3.8) is 0 Å². The Morgan fingerprint density at radius 1 is 0.850 bits per heavy atom. The molecule has 0 atom stereocenters. The minimum absolute atomic E-state index is 0.253. The van der Waals surface area contributed by atoms with Crippen molar-refractivity contribution in [1.29, 1.82) is 0 Å². The van der Waals surface area contributed by atoms with E-state index in [1.54, 1.807) is 0 Å². The fraction of sp³-hybridized carbons (Fsp3) is 1.00. The Morgan fingerprint density at radius 2 is 1.30 bits per heavy atom. The lowest BCUT2D eigenvalue weighted by Crippen LogP contribution is -2.63. The topological polar surface area (TPSA) is 29.3 Å². The number of nitrogens with zero attached hydrogens (tertiary/aromatic N) is 1. The van der Waals surface area contributed by atoms with Gasteiger partial charge in [0.05, 0.1) is 0 Å². The second-order valence-corrected chi connectivity index (χ2v) is 8.07. The third-order valence-corrected chi connectivity index (χ3v) is 4.97. The molecule has 1 saturated heterocycles. The highest BCUT2D eigenvalue weighted by atomic mass is 15.3. The van der Waals surface area contributed by atoms with Gasteiger partial charge in [-0.15, -0.1) is 0 Å². The summed E-state index contributed by atoms with van der Waals surface area (Å²) in [6.45, 7) is 13.0. The first-order valence-electron chi connectivity index (χ1n) is 8.83. The second kappa shape index (κ2) is 7.79. The smallest absolute Gasteiger partial charge is 0.0173 e. The molecule has 1 rings (SSSR count). The van der Waals surface area contributed by atoms with Crippen molar-refractivity contribution >= 4 is 0 Å². The van der Waals surface area contributed by atoms with Crippen LogP contribution in [0.25, 0.3) is 0 Å². The van der Waals surface area contributed by atoms with Crippen molar-refractivity contribution in [3.8, 4) is 0 Å². The third-order valence-electron chi connectivity index (χ3n) is 4.97. The fourth-order valence-corrected chi connectivity index (χ4v) is 4.23. The average molecular weight is 283 g/mol. The SMILES string of the molecule is CCCCCCCCCN1C(C)(C)CC(N)CC1(C)C. The van der Waals surface area contributed by atoms with Crippen LogP contribution in [0.2, 0.25) is 0 Å². The van der Waals surface area contributed by atoms with Gasteiger partial charge in [0.2, 0.25) is 0 Å². The second-order valence-electron chi connectivity index (χ2n) is 8.07. The normalized spacial score (nSPS) is 23.1. The van der Waals surface area contributed by atoms with Gasteiger partial charge < -0.3 is 5.73 Å². The van der Waals surface area contributed by atoms with Crippen LogP contribution in [0.3, 0.4) is 0 Å². The predicted molar refractivity (Wildman–Crippen MR) is 90.1 cm³/mol. The molecule has 0 saturated carbocycles. The van der Waals surface area contributed by atoms with Gasteiger partial charge in [0, 0.05) is 17.1 Å². The van der Waals surface area contributed by atoms with E-state index in [-0.39, 0.29) is 11.1 Å². The molecular formula is C18H38N2. The first kappa shape index (κ1) is 18.0. The molecule has 0 radical (unpaired) electrons. The Balaban J connectivity index is 2.33. The van der Waals surface area contributed by atoms with Gasteiger partial charge >= 0.3 is 0 Å². The summed E-state index contributed by atoms with van der Waals surface area (Å²) in [5.41, 5.74) is 6.75. The van der Waals surface area contributed by atoms with E-state index in [1.807, 2.05) is 0 Å². The molecule has 1 aliphatic heterocycles. The maximum atomic E-state index is 6.24. The highest BCUT2D eigenvalue weighted by Crippen LogP contribution is 2.37. The molecule has 120 valence electrons. The molecule has 1 aliphatic rings. The minimum Gasteiger partial charge on any atom is -0.328 e. The van der Waals surface area contributed by atoms with Crippen LogP contribution in [0.4, 0.5) is 0 Å². The molecule has 0 unspecified atom stereocenters. The summed E-state index contributed by atoms with van der Waals surface area (Å²) in [7, 11) is 0. The van der Waals surface area contributed by atoms with Gasteiger partial charge in [-0.1, -0.05) is 45.4 Å². The lowest BCUT2D eigenvalue weighted by molar-refractivity contribution is -0.0355. The molecule has 0 spiro atoms. The van der Waals surface area contributed by atoms with Crippen LogP contribution in [0.1, 0.15) is 92.4 Å². The number of hydrogen-bond donors (Lipinski definition) is 1. The molecule has 1 heterocycles. The number of nitrogens with two attached hydrogens (primary N) is 1. The lowest BCUT2D eigenvalue weighted by atomic mass is 9.77. The summed E-state index contributed by atoms with van der Waals surface area (Å²) < 4.78 is 0. The molecule has 0 aliphatic carbocycles. The number of hydrogen-bond acceptors (Lipinski definition) is 2. The zero-order valence-electron chi connectivity index (χ0n) is 14.7. The number of rotatable bonds is 8. The van der Waals surface area contributed by atoms with Crippen LogP contribution < -0.4 is 5.73 Å². The highest BCUT2D eigenvalue weighted by molar-refractivity contribution is 5.01. The van der Waals surface area contributed by atoms with Crippen LogP contribution in [0.5, 0.6) is 0 Å². The van der Waals surface area contributed by atoms with E-state index >= 15 is 0 Å². The summed E-state index contributed by atoms with van der Waals surface area (Å²) in [4.78, 5) is 2.72. The summed E-state index contributed by atoms with van der Waals surface area (Å²) >= 11 is 0. The summed E-state index contributed by atoms with van der Waals surface area (Å²) in [5.74, 6) is 0. The largest absolute Gasteiger partial charge is 0.328 e. The molecule has 2 N–H and O–H groups in total. The molecule has 0 aromatic rings. The quantitative estimate of drug-likeness (QED) is 0.653. The Bertz CT molecular complexity index is 253. The Kier molecular flexibility index (Phi) is 7.00. The van der Waals surface area contributed by atoms with Gasteiger partial charge in [0.25, 0.3) is 0 Å². The van der Waals surface area contributed by atoms with Crippen molar-refractivity contribution in [1.82, 2.24) is 4.90 Å². The van der Waals surface area contributed by atoms with Crippen molar-refractivity contribution in [2.45, 2.75) is 110 Å². The third kappa shape index (κ3) is 5.37. The predicted octanol–water partition coefficient (Wildman–Crippen LogP) is 4.72. The zero-order valence-corrected chi connectivity index (χ0v) is 14.7. The van der Waals surface area contributed by atoms with Crippen LogP contribution in [-0.4, -0.2) is 28.6 Å². The Morgan fingerprint density at radius 3 is 1.80 bits per heavy atom. The van der Waals surface area contributed by atoms with E-state index in [4.69, 9.17) is 5.73 Å². The molecule has 0 aromatic carbocycles. The molecule has 0 amide bonds. The van der Waals surface area contributed by atoms with Crippen LogP contribution >= 0.6 is 0 Å². The molecule has 0 aromatic heterocycles. The Hall–Kier alpha value is -0.0800. The van der Waals surface area contributed by atoms with E-state index in [0.29, 0.717) is 6.04 Å². The van der Waals surface area contributed by atoms with Crippen molar-refractivity contribution in [2.75, 3.05) is 6.54 Å². The molecule has 2 heteroatoms. The van der Waals surface area contributed by atoms with Crippen molar-refractivity contribution in [3.05, 3.63) is 0 Å². The molecule has 2 nitrogen and oxygen atoms in total. The number of piperidine rings is 1. The van der Waals surface area contributed by atoms with E-state index in [1.165, 1.54) is 51.5 Å². The van der Waals surface area contributed by atoms with Gasteiger partial charge in [-0.2, -0.15) is 0 Å². The van der Waals surface area contributed by atoms with E-state index in [9.17, 15) is 0 Å². The number of unbranched alkanes of at least 4 members (excludes halogenated alkanes) is 6. The summed E-state index contributed by atoms with van der Waals surface area (Å²) in [6.07, 6.45) is 12.0. The first-order valence-corrected chi connectivity index (χ1v) is 8.83. The molecule has 20 heavy (non-hydrogen) atoms. The van der Waals surface area contributed by atoms with E-state index in [2.05, 4.69) is 39.5 Å². The number of likely N-dealkylation sites (tertiary alicyclic amines) is 1. The van der Waals surface area contributed by atoms with E-state index < -0.39 is 0 Å². The van der Waals surface area contributed by atoms with Crippen LogP contribution in [-0.2, 0) is 0 Å². The van der Waals surface area contributed by atoms with Crippen LogP contribution in [0.15, 0.2) is 0 Å². The molecular weight excluding hydrogens is 244 g/mol. The zero-order chi connectivity index (χ0) is 15.2. The highest BCUT2D eigenvalue weighted by Gasteiger charge is 2.43. The maximum Gasteiger partial charge on any atom is 0.0173 e. The molecule has 1 fully saturated rings. The minimum atomic E-state index is 0.253. The summed E-state index contributed by atoms with van der Waals surface area (Å²) in [6, 6.07) is 0.366. The van der Waals surface area contributed by atoms with Gasteiger partial charge in [-0.05, 0) is 53.5 Å². The van der Waals surface area contributed by atoms with Crippen LogP contribution in [0, 0.1) is 0 Å². The maximum absolute atomic E-state index is 6.24. The van der Waals surface area contributed by atoms with Gasteiger partial charge in [0.15, 0.2) is 0 Å². The monoisotopic (exact) mass is 282 g/mol. The fourth-order valence-electron chi connectivity index (χ4n) is 4.23. The van der Waals surface area contributed by atoms with Crippen molar-refractivity contribution in [2.24, 2.45) is 5.73 Å². The van der Waals surface area contributed by atoms with Gasteiger partial charge in [-0.25, -0.2) is 0 Å². The lowest BCUT2D eigenvalue weighted by Gasteiger charge is -2.55. The Labute approximate surface area is 127 Å². The van der Waals surface area contributed by atoms with Crippen molar-refractivity contribution < 1.29 is 0 Å². The average Bonchev–Trinajstić information content (AvgIpc) is 2.28. The van der Waals surface area contributed by atoms with Gasteiger partial charge in [0.1, 0.15) is 0 Å². The molecule has 0 bridgehead atoms. The van der Waals surface area contributed by atoms with Gasteiger partial charge in [-0.3, -0.25) is 4.90 Å². The van der Waals surface area contributed by atoms with E-state index in [0.717, 1.165) is 12.8 Å².